The molecule has 0 atom stereocenters. The van der Waals surface area contributed by atoms with Gasteiger partial charge in [0.1, 0.15) is 11.5 Å². The van der Waals surface area contributed by atoms with Gasteiger partial charge in [0.2, 0.25) is 5.89 Å². The fourth-order valence-electron chi connectivity index (χ4n) is 2.83. The first-order chi connectivity index (χ1) is 10.6. The van der Waals surface area contributed by atoms with Crippen LogP contribution in [-0.4, -0.2) is 15.9 Å². The monoisotopic (exact) mass is 301 g/mol. The number of ether oxygens (including phenoxy) is 1. The summed E-state index contributed by atoms with van der Waals surface area (Å²) >= 11 is 0. The van der Waals surface area contributed by atoms with E-state index < -0.39 is 5.79 Å². The summed E-state index contributed by atoms with van der Waals surface area (Å²) in [6.45, 7) is 4.22. The molecule has 1 aliphatic rings. The second-order valence-electron chi connectivity index (χ2n) is 6.18. The fourth-order valence-corrected chi connectivity index (χ4v) is 2.83. The summed E-state index contributed by atoms with van der Waals surface area (Å²) in [5.41, 5.74) is 2.92. The number of hydrogen-bond acceptors (Lipinski definition) is 4. The first kappa shape index (κ1) is 15.3. The number of hydrogen-bond donors (Lipinski definition) is 1. The number of oxazole rings is 1. The number of nitrogens with zero attached hydrogens (tertiary/aromatic N) is 1. The SMILES string of the molecule is Cc1ccc(-c2nc(COC3(O)CCCCC3)c(C)o2)cc1. The van der Waals surface area contributed by atoms with Gasteiger partial charge in [-0.1, -0.05) is 24.1 Å². The Hall–Kier alpha value is -1.65. The van der Waals surface area contributed by atoms with E-state index in [0.717, 1.165) is 29.9 Å². The second kappa shape index (κ2) is 6.23. The molecule has 0 bridgehead atoms. The molecule has 0 radical (unpaired) electrons. The van der Waals surface area contributed by atoms with Gasteiger partial charge >= 0.3 is 0 Å². The zero-order valence-corrected chi connectivity index (χ0v) is 13.3. The molecule has 1 heterocycles. The molecule has 1 aromatic carbocycles. The number of aliphatic hydroxyl groups is 1. The Morgan fingerprint density at radius 2 is 1.82 bits per heavy atom. The maximum absolute atomic E-state index is 10.4. The molecule has 1 fully saturated rings. The van der Waals surface area contributed by atoms with Gasteiger partial charge in [-0.05, 0) is 38.8 Å². The van der Waals surface area contributed by atoms with Gasteiger partial charge in [0.15, 0.2) is 5.79 Å². The van der Waals surface area contributed by atoms with Crippen molar-refractivity contribution in [3.8, 4) is 11.5 Å². The molecule has 0 aliphatic heterocycles. The van der Waals surface area contributed by atoms with Crippen molar-refractivity contribution >= 4 is 0 Å². The largest absolute Gasteiger partial charge is 0.441 e. The predicted octanol–water partition coefficient (Wildman–Crippen LogP) is 4.13. The number of aromatic nitrogens is 1. The summed E-state index contributed by atoms with van der Waals surface area (Å²) in [5.74, 6) is 0.356. The first-order valence-corrected chi connectivity index (χ1v) is 7.95. The molecule has 118 valence electrons. The van der Waals surface area contributed by atoms with E-state index in [1.165, 1.54) is 12.0 Å². The van der Waals surface area contributed by atoms with E-state index in [1.807, 2.05) is 31.2 Å². The Balaban J connectivity index is 1.71. The summed E-state index contributed by atoms with van der Waals surface area (Å²) in [5, 5.41) is 10.4. The molecule has 4 heteroatoms. The quantitative estimate of drug-likeness (QED) is 0.863. The molecule has 4 nitrogen and oxygen atoms in total. The zero-order valence-electron chi connectivity index (χ0n) is 13.3. The van der Waals surface area contributed by atoms with Gasteiger partial charge in [0, 0.05) is 18.4 Å². The van der Waals surface area contributed by atoms with Gasteiger partial charge in [-0.15, -0.1) is 0 Å². The van der Waals surface area contributed by atoms with E-state index >= 15 is 0 Å². The topological polar surface area (TPSA) is 55.5 Å². The minimum Gasteiger partial charge on any atom is -0.441 e. The summed E-state index contributed by atoms with van der Waals surface area (Å²) in [7, 11) is 0. The van der Waals surface area contributed by atoms with E-state index in [9.17, 15) is 5.11 Å². The molecular formula is C18H23NO3. The van der Waals surface area contributed by atoms with Gasteiger partial charge in [-0.3, -0.25) is 0 Å². The molecule has 0 amide bonds. The van der Waals surface area contributed by atoms with Crippen LogP contribution in [-0.2, 0) is 11.3 Å². The minimum absolute atomic E-state index is 0.289. The fraction of sp³-hybridized carbons (Fsp3) is 0.500. The van der Waals surface area contributed by atoms with E-state index in [1.54, 1.807) is 0 Å². The van der Waals surface area contributed by atoms with E-state index in [-0.39, 0.29) is 6.61 Å². The summed E-state index contributed by atoms with van der Waals surface area (Å²) < 4.78 is 11.5. The van der Waals surface area contributed by atoms with Gasteiger partial charge in [-0.2, -0.15) is 0 Å². The third-order valence-electron chi connectivity index (χ3n) is 4.30. The van der Waals surface area contributed by atoms with Crippen molar-refractivity contribution in [3.05, 3.63) is 41.3 Å². The maximum Gasteiger partial charge on any atom is 0.226 e. The smallest absolute Gasteiger partial charge is 0.226 e. The van der Waals surface area contributed by atoms with Gasteiger partial charge < -0.3 is 14.3 Å². The lowest BCUT2D eigenvalue weighted by Gasteiger charge is -2.31. The highest BCUT2D eigenvalue weighted by Crippen LogP contribution is 2.30. The van der Waals surface area contributed by atoms with E-state index in [4.69, 9.17) is 9.15 Å². The van der Waals surface area contributed by atoms with Crippen molar-refractivity contribution in [2.45, 2.75) is 58.3 Å². The van der Waals surface area contributed by atoms with E-state index in [2.05, 4.69) is 11.9 Å². The van der Waals surface area contributed by atoms with Crippen LogP contribution in [0.2, 0.25) is 0 Å². The second-order valence-corrected chi connectivity index (χ2v) is 6.18. The van der Waals surface area contributed by atoms with Crippen LogP contribution in [0.3, 0.4) is 0 Å². The maximum atomic E-state index is 10.4. The third-order valence-corrected chi connectivity index (χ3v) is 4.30. The number of rotatable bonds is 4. The lowest BCUT2D eigenvalue weighted by molar-refractivity contribution is -0.227. The lowest BCUT2D eigenvalue weighted by Crippen LogP contribution is -2.34. The average molecular weight is 301 g/mol. The molecule has 1 saturated carbocycles. The van der Waals surface area contributed by atoms with Gasteiger partial charge in [-0.25, -0.2) is 4.98 Å². The predicted molar refractivity (Wildman–Crippen MR) is 84.2 cm³/mol. The van der Waals surface area contributed by atoms with Crippen LogP contribution in [0.5, 0.6) is 0 Å². The lowest BCUT2D eigenvalue weighted by atomic mass is 9.94. The average Bonchev–Trinajstić information content (AvgIpc) is 2.88. The van der Waals surface area contributed by atoms with Crippen molar-refractivity contribution in [1.82, 2.24) is 4.98 Å². The number of benzene rings is 1. The van der Waals surface area contributed by atoms with Crippen LogP contribution < -0.4 is 0 Å². The molecule has 2 aromatic rings. The van der Waals surface area contributed by atoms with Crippen molar-refractivity contribution in [2.75, 3.05) is 0 Å². The van der Waals surface area contributed by atoms with Gasteiger partial charge in [0.25, 0.3) is 0 Å². The Kier molecular flexibility index (Phi) is 4.32. The van der Waals surface area contributed by atoms with Crippen molar-refractivity contribution in [3.63, 3.8) is 0 Å². The van der Waals surface area contributed by atoms with Crippen molar-refractivity contribution < 1.29 is 14.3 Å². The molecule has 1 aliphatic carbocycles. The first-order valence-electron chi connectivity index (χ1n) is 7.95. The molecule has 1 N–H and O–H groups in total. The Labute approximate surface area is 131 Å². The van der Waals surface area contributed by atoms with Gasteiger partial charge in [0.05, 0.1) is 6.61 Å². The van der Waals surface area contributed by atoms with Crippen LogP contribution >= 0.6 is 0 Å². The molecule has 3 rings (SSSR count). The zero-order chi connectivity index (χ0) is 15.6. The Bertz CT molecular complexity index is 624. The standard InChI is InChI=1S/C18H23NO3/c1-13-6-8-15(9-7-13)17-19-16(14(2)22-17)12-21-18(20)10-4-3-5-11-18/h6-9,20H,3-5,10-12H2,1-2H3. The normalized spacial score (nSPS) is 17.6. The molecular weight excluding hydrogens is 278 g/mol. The van der Waals surface area contributed by atoms with Crippen LogP contribution in [0.25, 0.3) is 11.5 Å². The number of aryl methyl sites for hydroxylation is 2. The highest BCUT2D eigenvalue weighted by atomic mass is 16.6. The molecule has 0 saturated heterocycles. The molecule has 22 heavy (non-hydrogen) atoms. The van der Waals surface area contributed by atoms with Crippen molar-refractivity contribution in [2.24, 2.45) is 0 Å². The van der Waals surface area contributed by atoms with Crippen LogP contribution in [0.1, 0.15) is 49.1 Å². The van der Waals surface area contributed by atoms with Crippen LogP contribution in [0, 0.1) is 13.8 Å². The Morgan fingerprint density at radius 1 is 1.14 bits per heavy atom. The summed E-state index contributed by atoms with van der Waals surface area (Å²) in [6.07, 6.45) is 4.61. The highest BCUT2D eigenvalue weighted by molar-refractivity contribution is 5.54. The third kappa shape index (κ3) is 3.39. The molecule has 1 aromatic heterocycles. The van der Waals surface area contributed by atoms with E-state index in [0.29, 0.717) is 18.7 Å². The van der Waals surface area contributed by atoms with Crippen LogP contribution in [0.4, 0.5) is 0 Å². The Morgan fingerprint density at radius 3 is 2.50 bits per heavy atom. The molecule has 0 unspecified atom stereocenters. The highest BCUT2D eigenvalue weighted by Gasteiger charge is 2.30. The molecule has 0 spiro atoms. The summed E-state index contributed by atoms with van der Waals surface area (Å²) in [4.78, 5) is 4.52. The summed E-state index contributed by atoms with van der Waals surface area (Å²) in [6, 6.07) is 8.07. The minimum atomic E-state index is -0.992. The van der Waals surface area contributed by atoms with Crippen LogP contribution in [0.15, 0.2) is 28.7 Å². The van der Waals surface area contributed by atoms with Crippen molar-refractivity contribution in [1.29, 1.82) is 0 Å².